The number of hydrogen-bond donors (Lipinski definition) is 1. The van der Waals surface area contributed by atoms with E-state index in [1.165, 1.54) is 12.1 Å². The molecule has 1 aromatic carbocycles. The van der Waals surface area contributed by atoms with Crippen molar-refractivity contribution in [2.24, 2.45) is 5.92 Å². The Morgan fingerprint density at radius 1 is 1.30 bits per heavy atom. The zero-order chi connectivity index (χ0) is 15.1. The van der Waals surface area contributed by atoms with Gasteiger partial charge in [-0.3, -0.25) is 10.1 Å². The van der Waals surface area contributed by atoms with Crippen LogP contribution in [0.5, 0.6) is 0 Å². The van der Waals surface area contributed by atoms with Crippen LogP contribution < -0.4 is 4.90 Å². The molecule has 5 nitrogen and oxygen atoms in total. The first kappa shape index (κ1) is 16.4. The molecular formula is C15H24N2O3. The van der Waals surface area contributed by atoms with Gasteiger partial charge in [-0.05, 0) is 18.9 Å². The van der Waals surface area contributed by atoms with Crippen molar-refractivity contribution in [1.82, 2.24) is 0 Å². The van der Waals surface area contributed by atoms with E-state index < -0.39 is 4.92 Å². The fourth-order valence-electron chi connectivity index (χ4n) is 2.38. The molecule has 0 heterocycles. The summed E-state index contributed by atoms with van der Waals surface area (Å²) in [5.74, 6) is 0.594. The van der Waals surface area contributed by atoms with Gasteiger partial charge in [-0.1, -0.05) is 26.7 Å². The Balaban J connectivity index is 3.05. The minimum atomic E-state index is -0.430. The molecule has 20 heavy (non-hydrogen) atoms. The fourth-order valence-corrected chi connectivity index (χ4v) is 2.38. The number of nitro groups is 1. The van der Waals surface area contributed by atoms with Crippen molar-refractivity contribution in [3.8, 4) is 0 Å². The summed E-state index contributed by atoms with van der Waals surface area (Å²) < 4.78 is 0. The fraction of sp³-hybridized carbons (Fsp3) is 0.600. The predicted molar refractivity (Wildman–Crippen MR) is 81.0 cm³/mol. The van der Waals surface area contributed by atoms with E-state index in [1.807, 2.05) is 0 Å². The highest BCUT2D eigenvalue weighted by molar-refractivity contribution is 5.57. The molecule has 0 saturated carbocycles. The summed E-state index contributed by atoms with van der Waals surface area (Å²) in [6, 6.07) is 4.71. The lowest BCUT2D eigenvalue weighted by atomic mass is 10.0. The van der Waals surface area contributed by atoms with Gasteiger partial charge in [0.05, 0.1) is 11.5 Å². The zero-order valence-corrected chi connectivity index (χ0v) is 12.5. The molecule has 0 aliphatic heterocycles. The Hall–Kier alpha value is -1.62. The third kappa shape index (κ3) is 3.93. The SMILES string of the molecule is CCC(CC)CN(CC)c1ccc([N+](=O)[O-])cc1CO. The van der Waals surface area contributed by atoms with Crippen LogP contribution in [0.4, 0.5) is 11.4 Å². The van der Waals surface area contributed by atoms with Crippen molar-refractivity contribution < 1.29 is 10.0 Å². The van der Waals surface area contributed by atoms with Gasteiger partial charge in [-0.15, -0.1) is 0 Å². The largest absolute Gasteiger partial charge is 0.392 e. The minimum Gasteiger partial charge on any atom is -0.392 e. The molecule has 0 aliphatic carbocycles. The second kappa shape index (κ2) is 7.85. The van der Waals surface area contributed by atoms with Crippen LogP contribution >= 0.6 is 0 Å². The maximum absolute atomic E-state index is 10.8. The van der Waals surface area contributed by atoms with Gasteiger partial charge in [0.1, 0.15) is 0 Å². The van der Waals surface area contributed by atoms with Crippen LogP contribution in [0.15, 0.2) is 18.2 Å². The van der Waals surface area contributed by atoms with Gasteiger partial charge in [-0.25, -0.2) is 0 Å². The smallest absolute Gasteiger partial charge is 0.269 e. The third-order valence-electron chi connectivity index (χ3n) is 3.80. The molecule has 1 rings (SSSR count). The number of benzene rings is 1. The van der Waals surface area contributed by atoms with Crippen LogP contribution in [0.2, 0.25) is 0 Å². The molecule has 1 N–H and O–H groups in total. The first-order valence-corrected chi connectivity index (χ1v) is 7.20. The van der Waals surface area contributed by atoms with Crippen molar-refractivity contribution >= 4 is 11.4 Å². The Kier molecular flexibility index (Phi) is 6.45. The Labute approximate surface area is 120 Å². The molecule has 0 bridgehead atoms. The molecule has 0 fully saturated rings. The normalized spacial score (nSPS) is 10.8. The van der Waals surface area contributed by atoms with Crippen molar-refractivity contribution in [1.29, 1.82) is 0 Å². The summed E-state index contributed by atoms with van der Waals surface area (Å²) in [4.78, 5) is 12.6. The maximum atomic E-state index is 10.8. The summed E-state index contributed by atoms with van der Waals surface area (Å²) in [5.41, 5.74) is 1.54. The minimum absolute atomic E-state index is 0.0244. The quantitative estimate of drug-likeness (QED) is 0.585. The summed E-state index contributed by atoms with van der Waals surface area (Å²) >= 11 is 0. The third-order valence-corrected chi connectivity index (χ3v) is 3.80. The lowest BCUT2D eigenvalue weighted by Crippen LogP contribution is -2.29. The highest BCUT2D eigenvalue weighted by atomic mass is 16.6. The van der Waals surface area contributed by atoms with E-state index in [0.29, 0.717) is 11.5 Å². The molecule has 112 valence electrons. The second-order valence-electron chi connectivity index (χ2n) is 4.95. The van der Waals surface area contributed by atoms with Crippen LogP contribution in [0.25, 0.3) is 0 Å². The lowest BCUT2D eigenvalue weighted by Gasteiger charge is -2.29. The predicted octanol–water partition coefficient (Wildman–Crippen LogP) is 3.35. The standard InChI is InChI=1S/C15H24N2O3/c1-4-12(5-2)10-16(6-3)15-8-7-14(17(19)20)9-13(15)11-18/h7-9,12,18H,4-6,10-11H2,1-3H3. The molecule has 0 radical (unpaired) electrons. The number of aliphatic hydroxyl groups is 1. The number of anilines is 1. The van der Waals surface area contributed by atoms with Crippen LogP contribution in [-0.2, 0) is 6.61 Å². The van der Waals surface area contributed by atoms with Crippen LogP contribution in [0, 0.1) is 16.0 Å². The number of nitrogens with zero attached hydrogens (tertiary/aromatic N) is 2. The monoisotopic (exact) mass is 280 g/mol. The van der Waals surface area contributed by atoms with Crippen molar-refractivity contribution in [3.63, 3.8) is 0 Å². The molecular weight excluding hydrogens is 256 g/mol. The zero-order valence-electron chi connectivity index (χ0n) is 12.5. The van der Waals surface area contributed by atoms with Crippen LogP contribution in [0.1, 0.15) is 39.2 Å². The molecule has 5 heteroatoms. The maximum Gasteiger partial charge on any atom is 0.269 e. The average Bonchev–Trinajstić information content (AvgIpc) is 2.48. The summed E-state index contributed by atoms with van der Waals surface area (Å²) in [7, 11) is 0. The van der Waals surface area contributed by atoms with Crippen LogP contribution in [-0.4, -0.2) is 23.1 Å². The van der Waals surface area contributed by atoms with Crippen molar-refractivity contribution in [2.45, 2.75) is 40.2 Å². The summed E-state index contributed by atoms with van der Waals surface area (Å²) in [6.07, 6.45) is 2.21. The van der Waals surface area contributed by atoms with E-state index in [-0.39, 0.29) is 12.3 Å². The Morgan fingerprint density at radius 2 is 1.95 bits per heavy atom. The molecule has 1 aromatic rings. The van der Waals surface area contributed by atoms with E-state index in [0.717, 1.165) is 31.6 Å². The van der Waals surface area contributed by atoms with E-state index in [9.17, 15) is 15.2 Å². The van der Waals surface area contributed by atoms with E-state index in [4.69, 9.17) is 0 Å². The van der Waals surface area contributed by atoms with Gasteiger partial charge >= 0.3 is 0 Å². The van der Waals surface area contributed by atoms with E-state index in [1.54, 1.807) is 6.07 Å². The van der Waals surface area contributed by atoms with Gasteiger partial charge < -0.3 is 10.0 Å². The number of aliphatic hydroxyl groups excluding tert-OH is 1. The summed E-state index contributed by atoms with van der Waals surface area (Å²) in [6.45, 7) is 7.95. The van der Waals surface area contributed by atoms with Crippen molar-refractivity contribution in [2.75, 3.05) is 18.0 Å². The van der Waals surface area contributed by atoms with Gasteiger partial charge in [0, 0.05) is 36.5 Å². The Bertz CT molecular complexity index is 445. The summed E-state index contributed by atoms with van der Waals surface area (Å²) in [5, 5.41) is 20.3. The molecule has 0 aliphatic rings. The first-order valence-electron chi connectivity index (χ1n) is 7.20. The highest BCUT2D eigenvalue weighted by Crippen LogP contribution is 2.27. The van der Waals surface area contributed by atoms with Gasteiger partial charge in [0.15, 0.2) is 0 Å². The van der Waals surface area contributed by atoms with Crippen LogP contribution in [0.3, 0.4) is 0 Å². The topological polar surface area (TPSA) is 66.6 Å². The Morgan fingerprint density at radius 3 is 2.40 bits per heavy atom. The molecule has 0 aromatic heterocycles. The van der Waals surface area contributed by atoms with Crippen molar-refractivity contribution in [3.05, 3.63) is 33.9 Å². The van der Waals surface area contributed by atoms with Gasteiger partial charge in [-0.2, -0.15) is 0 Å². The van der Waals surface area contributed by atoms with E-state index >= 15 is 0 Å². The second-order valence-corrected chi connectivity index (χ2v) is 4.95. The molecule has 0 unspecified atom stereocenters. The first-order chi connectivity index (χ1) is 9.57. The molecule has 0 spiro atoms. The number of nitro benzene ring substituents is 1. The van der Waals surface area contributed by atoms with Gasteiger partial charge in [0.25, 0.3) is 5.69 Å². The number of rotatable bonds is 8. The van der Waals surface area contributed by atoms with Gasteiger partial charge in [0.2, 0.25) is 0 Å². The number of non-ortho nitro benzene ring substituents is 1. The highest BCUT2D eigenvalue weighted by Gasteiger charge is 2.16. The molecule has 0 amide bonds. The molecule has 0 saturated heterocycles. The molecule has 0 atom stereocenters. The lowest BCUT2D eigenvalue weighted by molar-refractivity contribution is -0.384. The average molecular weight is 280 g/mol. The van der Waals surface area contributed by atoms with E-state index in [2.05, 4.69) is 25.7 Å². The number of hydrogen-bond acceptors (Lipinski definition) is 4.